The number of nitrogens with one attached hydrogen (secondary N) is 1. The number of phenols is 2. The van der Waals surface area contributed by atoms with E-state index in [0.29, 0.717) is 5.56 Å². The molecule has 14 heavy (non-hydrogen) atoms. The summed E-state index contributed by atoms with van der Waals surface area (Å²) < 4.78 is 0. The van der Waals surface area contributed by atoms with E-state index in [1.165, 1.54) is 6.07 Å². The van der Waals surface area contributed by atoms with E-state index in [4.69, 9.17) is 16.6 Å². The highest BCUT2D eigenvalue weighted by Crippen LogP contribution is 2.31. The Labute approximate surface area is 80.1 Å². The number of rotatable bonds is 2. The van der Waals surface area contributed by atoms with Gasteiger partial charge in [-0.15, -0.1) is 0 Å². The van der Waals surface area contributed by atoms with E-state index >= 15 is 0 Å². The molecule has 1 rings (SSSR count). The molecule has 0 heterocycles. The van der Waals surface area contributed by atoms with Crippen molar-refractivity contribution in [1.29, 1.82) is 0 Å². The van der Waals surface area contributed by atoms with E-state index in [1.807, 2.05) is 0 Å². The highest BCUT2D eigenvalue weighted by atomic mass is 16.3. The smallest absolute Gasteiger partial charge is 0.316 e. The van der Waals surface area contributed by atoms with Crippen LogP contribution in [0.15, 0.2) is 12.1 Å². The number of phenolic OH excluding ortho intramolecular Hbond substituents is 2. The molecule has 0 saturated carbocycles. The van der Waals surface area contributed by atoms with Gasteiger partial charge in [0.1, 0.15) is 11.5 Å². The number of amides is 2. The van der Waals surface area contributed by atoms with Crippen LogP contribution in [-0.2, 0) is 6.54 Å². The molecule has 0 aliphatic rings. The third-order valence-corrected chi connectivity index (χ3v) is 1.65. The molecule has 0 aliphatic heterocycles. The Morgan fingerprint density at radius 2 is 2.07 bits per heavy atom. The number of aromatic hydroxyl groups is 2. The summed E-state index contributed by atoms with van der Waals surface area (Å²) in [7, 11) is 0. The fraction of sp³-hybridized carbons (Fsp3) is 0.125. The maximum Gasteiger partial charge on any atom is 0.316 e. The molecule has 0 atom stereocenters. The molecule has 6 nitrogen and oxygen atoms in total. The maximum absolute atomic E-state index is 10.6. The molecular weight excluding hydrogens is 186 g/mol. The predicted molar refractivity (Wildman–Crippen MR) is 50.9 cm³/mol. The number of benzene rings is 1. The first-order valence-corrected chi connectivity index (χ1v) is 3.86. The molecule has 0 fully saturated rings. The van der Waals surface area contributed by atoms with Crippen LogP contribution in [0.1, 0.15) is 5.56 Å². The maximum atomic E-state index is 10.6. The highest BCUT2D eigenvalue weighted by Gasteiger charge is 2.10. The van der Waals surface area contributed by atoms with Crippen molar-refractivity contribution in [3.8, 4) is 11.5 Å². The van der Waals surface area contributed by atoms with E-state index < -0.39 is 6.03 Å². The zero-order chi connectivity index (χ0) is 10.7. The molecular formula is C8H11N3O3. The first-order valence-electron chi connectivity index (χ1n) is 3.86. The van der Waals surface area contributed by atoms with E-state index in [-0.39, 0.29) is 23.7 Å². The van der Waals surface area contributed by atoms with Crippen LogP contribution in [0.25, 0.3) is 0 Å². The Morgan fingerprint density at radius 1 is 1.43 bits per heavy atom. The molecule has 0 aliphatic carbocycles. The van der Waals surface area contributed by atoms with Crippen LogP contribution in [0.3, 0.4) is 0 Å². The lowest BCUT2D eigenvalue weighted by molar-refractivity contribution is 0.259. The second-order valence-corrected chi connectivity index (χ2v) is 2.69. The van der Waals surface area contributed by atoms with Crippen LogP contribution in [0.2, 0.25) is 0 Å². The van der Waals surface area contributed by atoms with Crippen molar-refractivity contribution in [1.82, 2.24) is 0 Å². The van der Waals surface area contributed by atoms with Crippen LogP contribution >= 0.6 is 0 Å². The van der Waals surface area contributed by atoms with Gasteiger partial charge in [-0.3, -0.25) is 0 Å². The third-order valence-electron chi connectivity index (χ3n) is 1.65. The zero-order valence-electron chi connectivity index (χ0n) is 7.32. The number of nitrogens with two attached hydrogens (primary N) is 2. The quantitative estimate of drug-likeness (QED) is 0.339. The number of hydrogen-bond acceptors (Lipinski definition) is 4. The average Bonchev–Trinajstić information content (AvgIpc) is 2.08. The third kappa shape index (κ3) is 2.05. The van der Waals surface area contributed by atoms with E-state index in [2.05, 4.69) is 5.32 Å². The minimum absolute atomic E-state index is 0.0670. The Balaban J connectivity index is 3.18. The van der Waals surface area contributed by atoms with Gasteiger partial charge in [0.15, 0.2) is 0 Å². The van der Waals surface area contributed by atoms with Gasteiger partial charge < -0.3 is 27.0 Å². The Hall–Kier alpha value is -1.95. The number of primary amides is 1. The second kappa shape index (κ2) is 3.84. The minimum atomic E-state index is -0.805. The van der Waals surface area contributed by atoms with Gasteiger partial charge in [0.05, 0.1) is 5.69 Å². The predicted octanol–water partition coefficient (Wildman–Crippen LogP) is 0.0471. The summed E-state index contributed by atoms with van der Waals surface area (Å²) in [5, 5.41) is 20.7. The van der Waals surface area contributed by atoms with Crippen LogP contribution in [-0.4, -0.2) is 16.2 Å². The summed E-state index contributed by atoms with van der Waals surface area (Å²) in [6.07, 6.45) is 0. The SMILES string of the molecule is NCc1cc(O)cc(O)c1NC(N)=O. The number of anilines is 1. The van der Waals surface area contributed by atoms with Gasteiger partial charge in [0.2, 0.25) is 0 Å². The van der Waals surface area contributed by atoms with Crippen molar-refractivity contribution in [3.05, 3.63) is 17.7 Å². The normalized spacial score (nSPS) is 9.79. The fourth-order valence-electron chi connectivity index (χ4n) is 1.10. The van der Waals surface area contributed by atoms with Crippen molar-refractivity contribution in [2.24, 2.45) is 11.5 Å². The first-order chi connectivity index (χ1) is 6.54. The number of carbonyl (C=O) groups excluding carboxylic acids is 1. The van der Waals surface area contributed by atoms with Crippen molar-refractivity contribution in [2.45, 2.75) is 6.54 Å². The fourth-order valence-corrected chi connectivity index (χ4v) is 1.10. The van der Waals surface area contributed by atoms with Crippen LogP contribution in [0, 0.1) is 0 Å². The number of hydrogen-bond donors (Lipinski definition) is 5. The number of carbonyl (C=O) groups is 1. The molecule has 2 amide bonds. The highest BCUT2D eigenvalue weighted by molar-refractivity contribution is 5.90. The summed E-state index contributed by atoms with van der Waals surface area (Å²) in [4.78, 5) is 10.6. The summed E-state index contributed by atoms with van der Waals surface area (Å²) in [5.74, 6) is -0.401. The van der Waals surface area contributed by atoms with E-state index in [0.717, 1.165) is 6.07 Å². The molecule has 1 aromatic rings. The van der Waals surface area contributed by atoms with Gasteiger partial charge in [0, 0.05) is 12.6 Å². The van der Waals surface area contributed by atoms with E-state index in [1.54, 1.807) is 0 Å². The van der Waals surface area contributed by atoms with Gasteiger partial charge in [-0.2, -0.15) is 0 Å². The van der Waals surface area contributed by atoms with Gasteiger partial charge in [-0.05, 0) is 11.6 Å². The van der Waals surface area contributed by atoms with Gasteiger partial charge >= 0.3 is 6.03 Å². The second-order valence-electron chi connectivity index (χ2n) is 2.69. The zero-order valence-corrected chi connectivity index (χ0v) is 7.32. The van der Waals surface area contributed by atoms with Gasteiger partial charge in [0.25, 0.3) is 0 Å². The summed E-state index contributed by atoms with van der Waals surface area (Å²) in [6.45, 7) is 0.0670. The monoisotopic (exact) mass is 197 g/mol. The Kier molecular flexibility index (Phi) is 2.78. The van der Waals surface area contributed by atoms with Crippen LogP contribution in [0.5, 0.6) is 11.5 Å². The van der Waals surface area contributed by atoms with Gasteiger partial charge in [-0.1, -0.05) is 0 Å². The molecule has 6 heteroatoms. The summed E-state index contributed by atoms with van der Waals surface area (Å²) in [5.41, 5.74) is 10.8. The molecule has 0 bridgehead atoms. The largest absolute Gasteiger partial charge is 0.508 e. The van der Waals surface area contributed by atoms with Crippen molar-refractivity contribution in [3.63, 3.8) is 0 Å². The molecule has 1 aromatic carbocycles. The lowest BCUT2D eigenvalue weighted by atomic mass is 10.1. The molecule has 0 spiro atoms. The summed E-state index contributed by atoms with van der Waals surface area (Å²) >= 11 is 0. The van der Waals surface area contributed by atoms with Gasteiger partial charge in [-0.25, -0.2) is 4.79 Å². The molecule has 0 radical (unpaired) electrons. The first kappa shape index (κ1) is 10.1. The van der Waals surface area contributed by atoms with E-state index in [9.17, 15) is 9.90 Å². The van der Waals surface area contributed by atoms with Crippen molar-refractivity contribution in [2.75, 3.05) is 5.32 Å². The van der Waals surface area contributed by atoms with Crippen LogP contribution in [0.4, 0.5) is 10.5 Å². The standard InChI is InChI=1S/C8H11N3O3/c9-3-4-1-5(12)2-6(13)7(4)11-8(10)14/h1-2,12-13H,3,9H2,(H3,10,11,14). The Morgan fingerprint density at radius 3 is 2.57 bits per heavy atom. The minimum Gasteiger partial charge on any atom is -0.508 e. The van der Waals surface area contributed by atoms with Crippen LogP contribution < -0.4 is 16.8 Å². The van der Waals surface area contributed by atoms with Crippen molar-refractivity contribution >= 4 is 11.7 Å². The molecule has 0 unspecified atom stereocenters. The molecule has 7 N–H and O–H groups in total. The Bertz CT molecular complexity index is 365. The average molecular weight is 197 g/mol. The topological polar surface area (TPSA) is 122 Å². The summed E-state index contributed by atoms with van der Waals surface area (Å²) in [6, 6.07) is 1.62. The molecule has 0 aromatic heterocycles. The lowest BCUT2D eigenvalue weighted by Gasteiger charge is -2.10. The lowest BCUT2D eigenvalue weighted by Crippen LogP contribution is -2.20. The molecule has 76 valence electrons. The number of urea groups is 1. The molecule has 0 saturated heterocycles. The van der Waals surface area contributed by atoms with Crippen molar-refractivity contribution < 1.29 is 15.0 Å².